The van der Waals surface area contributed by atoms with Crippen molar-refractivity contribution in [1.29, 1.82) is 0 Å². The van der Waals surface area contributed by atoms with Crippen LogP contribution in [0.2, 0.25) is 0 Å². The minimum atomic E-state index is -0.578. The zero-order valence-electron chi connectivity index (χ0n) is 18.3. The number of amides is 1. The molecule has 0 bridgehead atoms. The predicted octanol–water partition coefficient (Wildman–Crippen LogP) is 2.32. The first-order chi connectivity index (χ1) is 14.9. The molecule has 0 radical (unpaired) electrons. The fraction of sp³-hybridized carbons (Fsp3) is 0.667. The van der Waals surface area contributed by atoms with Crippen molar-refractivity contribution in [2.75, 3.05) is 32.7 Å². The van der Waals surface area contributed by atoms with Gasteiger partial charge < -0.3 is 19.2 Å². The van der Waals surface area contributed by atoms with Crippen molar-refractivity contribution in [1.82, 2.24) is 9.80 Å². The lowest BCUT2D eigenvalue weighted by Crippen LogP contribution is -2.55. The molecule has 0 aromatic carbocycles. The van der Waals surface area contributed by atoms with Crippen LogP contribution in [0, 0.1) is 23.2 Å². The maximum Gasteiger partial charge on any atom is 0.311 e. The number of aliphatic hydroxyl groups excluding tert-OH is 1. The SMILES string of the molecule is C[C@@H]1CCC=C2C[C@H]3OC(=O)[C@H](CN4CCN(C(=O)c5ccco5)CC4)[C@H]3[C@H](O)[C@@]21C. The quantitative estimate of drug-likeness (QED) is 0.588. The largest absolute Gasteiger partial charge is 0.461 e. The van der Waals surface area contributed by atoms with Gasteiger partial charge in [0.25, 0.3) is 5.91 Å². The molecule has 4 aliphatic rings. The number of esters is 1. The Morgan fingerprint density at radius 2 is 2.06 bits per heavy atom. The van der Waals surface area contributed by atoms with Gasteiger partial charge in [0.15, 0.2) is 5.76 Å². The summed E-state index contributed by atoms with van der Waals surface area (Å²) in [6.45, 7) is 7.55. The van der Waals surface area contributed by atoms with E-state index in [1.807, 2.05) is 0 Å². The Labute approximate surface area is 183 Å². The Morgan fingerprint density at radius 3 is 2.77 bits per heavy atom. The van der Waals surface area contributed by atoms with Gasteiger partial charge in [0.1, 0.15) is 6.10 Å². The van der Waals surface area contributed by atoms with Crippen LogP contribution in [0.5, 0.6) is 0 Å². The van der Waals surface area contributed by atoms with E-state index >= 15 is 0 Å². The summed E-state index contributed by atoms with van der Waals surface area (Å²) in [5.74, 6) is -0.0154. The normalized spacial score (nSPS) is 38.3. The van der Waals surface area contributed by atoms with Crippen LogP contribution in [0.4, 0.5) is 0 Å². The van der Waals surface area contributed by atoms with E-state index in [-0.39, 0.29) is 35.2 Å². The average molecular weight is 429 g/mol. The molecule has 31 heavy (non-hydrogen) atoms. The first kappa shape index (κ1) is 20.8. The molecular formula is C24H32N2O5. The molecule has 6 atom stereocenters. The molecule has 2 saturated heterocycles. The second-order valence-electron chi connectivity index (χ2n) is 9.87. The fourth-order valence-electron chi connectivity index (χ4n) is 6.24. The standard InChI is InChI=1S/C24H32N2O5/c1-15-5-3-6-16-13-19-20(21(27)24(15,16)2)17(23(29)31-19)14-25-8-10-26(11-9-25)22(28)18-7-4-12-30-18/h4,6-7,12,15,17,19-21,27H,3,5,8-11,13-14H2,1-2H3/t15-,17-,19-,20-,21+,24-/m1/s1. The Bertz CT molecular complexity index is 873. The highest BCUT2D eigenvalue weighted by molar-refractivity contribution is 5.91. The maximum absolute atomic E-state index is 12.8. The van der Waals surface area contributed by atoms with Crippen molar-refractivity contribution in [2.24, 2.45) is 23.2 Å². The molecule has 1 aromatic heterocycles. The Hall–Kier alpha value is -2.12. The number of furan rings is 1. The fourth-order valence-corrected chi connectivity index (χ4v) is 6.24. The maximum atomic E-state index is 12.8. The van der Waals surface area contributed by atoms with E-state index in [4.69, 9.17) is 9.15 Å². The van der Waals surface area contributed by atoms with Gasteiger partial charge in [-0.2, -0.15) is 0 Å². The molecule has 0 spiro atoms. The third-order valence-electron chi connectivity index (χ3n) is 8.42. The molecule has 1 amide bonds. The minimum absolute atomic E-state index is 0.0915. The van der Waals surface area contributed by atoms with Gasteiger partial charge in [-0.25, -0.2) is 0 Å². The highest BCUT2D eigenvalue weighted by Gasteiger charge is 2.59. The number of carbonyl (C=O) groups is 2. The molecule has 1 N–H and O–H groups in total. The summed E-state index contributed by atoms with van der Waals surface area (Å²) >= 11 is 0. The number of aliphatic hydroxyl groups is 1. The summed E-state index contributed by atoms with van der Waals surface area (Å²) in [5.41, 5.74) is 0.985. The van der Waals surface area contributed by atoms with Crippen LogP contribution in [0.15, 0.2) is 34.5 Å². The summed E-state index contributed by atoms with van der Waals surface area (Å²) in [6, 6.07) is 3.40. The van der Waals surface area contributed by atoms with Crippen LogP contribution in [-0.4, -0.2) is 71.7 Å². The number of rotatable bonds is 3. The first-order valence-corrected chi connectivity index (χ1v) is 11.5. The van der Waals surface area contributed by atoms with Gasteiger partial charge in [-0.3, -0.25) is 14.5 Å². The lowest BCUT2D eigenvalue weighted by atomic mass is 9.55. The molecule has 168 valence electrons. The number of ether oxygens (including phenoxy) is 1. The van der Waals surface area contributed by atoms with Crippen LogP contribution >= 0.6 is 0 Å². The molecule has 7 heteroatoms. The molecular weight excluding hydrogens is 396 g/mol. The number of piperazine rings is 1. The number of fused-ring (bicyclic) bond motifs is 2. The van der Waals surface area contributed by atoms with Crippen molar-refractivity contribution >= 4 is 11.9 Å². The number of allylic oxidation sites excluding steroid dienone is 1. The summed E-state index contributed by atoms with van der Waals surface area (Å²) in [6.07, 6.45) is 5.82. The number of hydrogen-bond acceptors (Lipinski definition) is 6. The van der Waals surface area contributed by atoms with Crippen molar-refractivity contribution in [3.05, 3.63) is 35.8 Å². The average Bonchev–Trinajstić information content (AvgIpc) is 3.39. The lowest BCUT2D eigenvalue weighted by molar-refractivity contribution is -0.145. The molecule has 1 aromatic rings. The molecule has 5 rings (SSSR count). The van der Waals surface area contributed by atoms with Crippen LogP contribution in [-0.2, 0) is 9.53 Å². The van der Waals surface area contributed by atoms with Crippen LogP contribution in [0.3, 0.4) is 0 Å². The van der Waals surface area contributed by atoms with E-state index in [9.17, 15) is 14.7 Å². The van der Waals surface area contributed by atoms with Crippen molar-refractivity contribution < 1.29 is 23.8 Å². The second-order valence-corrected chi connectivity index (χ2v) is 9.87. The lowest BCUT2D eigenvalue weighted by Gasteiger charge is -2.52. The summed E-state index contributed by atoms with van der Waals surface area (Å²) in [7, 11) is 0. The number of carbonyl (C=O) groups excluding carboxylic acids is 2. The number of hydrogen-bond donors (Lipinski definition) is 1. The van der Waals surface area contributed by atoms with Crippen LogP contribution < -0.4 is 0 Å². The second kappa shape index (κ2) is 7.78. The third kappa shape index (κ3) is 3.33. The number of nitrogens with zero attached hydrogens (tertiary/aromatic N) is 2. The van der Waals surface area contributed by atoms with Crippen LogP contribution in [0.1, 0.15) is 43.7 Å². The minimum Gasteiger partial charge on any atom is -0.461 e. The van der Waals surface area contributed by atoms with Crippen molar-refractivity contribution in [2.45, 2.75) is 45.3 Å². The van der Waals surface area contributed by atoms with Crippen molar-refractivity contribution in [3.8, 4) is 0 Å². The molecule has 7 nitrogen and oxygen atoms in total. The molecule has 3 heterocycles. The van der Waals surface area contributed by atoms with E-state index < -0.39 is 6.10 Å². The molecule has 0 unspecified atom stereocenters. The first-order valence-electron chi connectivity index (χ1n) is 11.5. The zero-order valence-corrected chi connectivity index (χ0v) is 18.3. The van der Waals surface area contributed by atoms with E-state index in [0.29, 0.717) is 44.4 Å². The monoisotopic (exact) mass is 428 g/mol. The molecule has 1 saturated carbocycles. The Balaban J connectivity index is 1.26. The third-order valence-corrected chi connectivity index (χ3v) is 8.42. The summed E-state index contributed by atoms with van der Waals surface area (Å²) in [4.78, 5) is 29.3. The van der Waals surface area contributed by atoms with E-state index in [1.165, 1.54) is 11.8 Å². The molecule has 2 aliphatic heterocycles. The smallest absolute Gasteiger partial charge is 0.311 e. The highest BCUT2D eigenvalue weighted by Crippen LogP contribution is 2.56. The Kier molecular flexibility index (Phi) is 5.21. The van der Waals surface area contributed by atoms with Gasteiger partial charge in [-0.15, -0.1) is 0 Å². The Morgan fingerprint density at radius 1 is 1.29 bits per heavy atom. The van der Waals surface area contributed by atoms with Gasteiger partial charge in [-0.05, 0) is 30.9 Å². The van der Waals surface area contributed by atoms with Gasteiger partial charge in [0.2, 0.25) is 0 Å². The van der Waals surface area contributed by atoms with Crippen molar-refractivity contribution in [3.63, 3.8) is 0 Å². The van der Waals surface area contributed by atoms with Gasteiger partial charge >= 0.3 is 5.97 Å². The van der Waals surface area contributed by atoms with E-state index in [2.05, 4.69) is 24.8 Å². The predicted molar refractivity (Wildman–Crippen MR) is 113 cm³/mol. The van der Waals surface area contributed by atoms with Gasteiger partial charge in [-0.1, -0.05) is 25.5 Å². The van der Waals surface area contributed by atoms with Gasteiger partial charge in [0, 0.05) is 50.5 Å². The summed E-state index contributed by atoms with van der Waals surface area (Å²) < 4.78 is 11.0. The zero-order chi connectivity index (χ0) is 21.8. The highest BCUT2D eigenvalue weighted by atomic mass is 16.6. The van der Waals surface area contributed by atoms with E-state index in [1.54, 1.807) is 17.0 Å². The van der Waals surface area contributed by atoms with E-state index in [0.717, 1.165) is 19.3 Å². The van der Waals surface area contributed by atoms with Crippen LogP contribution in [0.25, 0.3) is 0 Å². The molecule has 2 aliphatic carbocycles. The van der Waals surface area contributed by atoms with Gasteiger partial charge in [0.05, 0.1) is 18.3 Å². The molecule has 3 fully saturated rings. The topological polar surface area (TPSA) is 83.2 Å². The summed E-state index contributed by atoms with van der Waals surface area (Å²) in [5, 5.41) is 11.5.